The third-order valence-electron chi connectivity index (χ3n) is 8.11. The van der Waals surface area contributed by atoms with E-state index in [0.717, 1.165) is 41.6 Å². The molecule has 0 radical (unpaired) electrons. The summed E-state index contributed by atoms with van der Waals surface area (Å²) >= 11 is 0. The van der Waals surface area contributed by atoms with Crippen LogP contribution < -0.4 is 10.0 Å². The predicted molar refractivity (Wildman–Crippen MR) is 187 cm³/mol. The Bertz CT molecular complexity index is 1920. The van der Waals surface area contributed by atoms with Crippen LogP contribution in [0.1, 0.15) is 69.6 Å². The third-order valence-corrected chi connectivity index (χ3v) is 10.1. The van der Waals surface area contributed by atoms with Gasteiger partial charge in [-0.1, -0.05) is 17.2 Å². The van der Waals surface area contributed by atoms with Gasteiger partial charge in [-0.2, -0.15) is 0 Å². The highest BCUT2D eigenvalue weighted by Crippen LogP contribution is 2.33. The van der Waals surface area contributed by atoms with E-state index in [0.29, 0.717) is 18.9 Å². The van der Waals surface area contributed by atoms with Gasteiger partial charge in [-0.15, -0.1) is 0 Å². The Hall–Kier alpha value is -4.77. The Morgan fingerprint density at radius 2 is 1.68 bits per heavy atom. The zero-order chi connectivity index (χ0) is 39.1. The molecule has 4 atom stereocenters. The zero-order valence-corrected chi connectivity index (χ0v) is 30.3. The molecule has 18 heteroatoms. The van der Waals surface area contributed by atoms with Crippen molar-refractivity contribution in [3.05, 3.63) is 105 Å². The van der Waals surface area contributed by atoms with Gasteiger partial charge in [0.2, 0.25) is 15.9 Å². The van der Waals surface area contributed by atoms with Crippen molar-refractivity contribution in [2.24, 2.45) is 5.11 Å². The molecule has 1 aromatic heterocycles. The molecule has 3 aromatic rings. The van der Waals surface area contributed by atoms with E-state index in [-0.39, 0.29) is 48.3 Å². The minimum Gasteiger partial charge on any atom is -0.444 e. The van der Waals surface area contributed by atoms with E-state index in [1.54, 1.807) is 20.8 Å². The van der Waals surface area contributed by atoms with E-state index in [2.05, 4.69) is 25.0 Å². The highest BCUT2D eigenvalue weighted by Gasteiger charge is 2.38. The number of carbonyl (C=O) groups excluding carboxylic acids is 2. The van der Waals surface area contributed by atoms with E-state index in [1.807, 2.05) is 0 Å². The highest BCUT2D eigenvalue weighted by molar-refractivity contribution is 7.90. The van der Waals surface area contributed by atoms with Gasteiger partial charge in [-0.25, -0.2) is 35.5 Å². The molecule has 2 amide bonds. The molecule has 286 valence electrons. The summed E-state index contributed by atoms with van der Waals surface area (Å²) in [5.74, 6) is -5.88. The van der Waals surface area contributed by atoms with Crippen LogP contribution in [0.4, 0.5) is 28.0 Å². The number of nitrogens with one attached hydrogen (secondary N) is 2. The molecule has 1 saturated carbocycles. The molecular weight excluding hydrogens is 722 g/mol. The number of anilines is 1. The summed E-state index contributed by atoms with van der Waals surface area (Å²) in [6.07, 6.45) is 0.710. The van der Waals surface area contributed by atoms with Crippen LogP contribution in [-0.2, 0) is 26.0 Å². The van der Waals surface area contributed by atoms with Gasteiger partial charge < -0.3 is 20.1 Å². The number of halogens is 4. The summed E-state index contributed by atoms with van der Waals surface area (Å²) < 4.78 is 92.3. The second-order valence-electron chi connectivity index (χ2n) is 13.9. The Morgan fingerprint density at radius 1 is 1.04 bits per heavy atom. The molecule has 1 aliphatic rings. The molecule has 1 aliphatic carbocycles. The largest absolute Gasteiger partial charge is 0.444 e. The summed E-state index contributed by atoms with van der Waals surface area (Å²) in [6, 6.07) is 4.33. The van der Waals surface area contributed by atoms with Gasteiger partial charge in [-0.05, 0) is 94.3 Å². The molecule has 1 fully saturated rings. The van der Waals surface area contributed by atoms with Gasteiger partial charge in [0.15, 0.2) is 0 Å². The van der Waals surface area contributed by atoms with E-state index >= 15 is 4.39 Å². The molecule has 3 N–H and O–H groups in total. The van der Waals surface area contributed by atoms with Gasteiger partial charge in [0.25, 0.3) is 0 Å². The maximum atomic E-state index is 15.5. The van der Waals surface area contributed by atoms with Crippen molar-refractivity contribution in [1.82, 2.24) is 14.6 Å². The summed E-state index contributed by atoms with van der Waals surface area (Å²) in [7, 11) is -3.84. The van der Waals surface area contributed by atoms with Crippen LogP contribution in [0.15, 0.2) is 60.0 Å². The number of rotatable bonds is 16. The summed E-state index contributed by atoms with van der Waals surface area (Å²) in [6.45, 7) is 5.91. The monoisotopic (exact) mass is 763 g/mol. The topological polar surface area (TPSA) is 187 Å². The van der Waals surface area contributed by atoms with Crippen LogP contribution >= 0.6 is 0 Å². The first kappa shape index (κ1) is 41.0. The number of azide groups is 1. The lowest BCUT2D eigenvalue weighted by molar-refractivity contribution is -0.117. The first-order valence-corrected chi connectivity index (χ1v) is 18.3. The number of pyridine rings is 1. The number of nitrogens with zero attached hydrogens (tertiary/aromatic N) is 5. The van der Waals surface area contributed by atoms with Crippen molar-refractivity contribution in [3.63, 3.8) is 0 Å². The molecule has 0 unspecified atom stereocenters. The lowest BCUT2D eigenvalue weighted by Crippen LogP contribution is -2.49. The highest BCUT2D eigenvalue weighted by atomic mass is 32.2. The second-order valence-corrected chi connectivity index (χ2v) is 15.8. The molecule has 1 heterocycles. The second kappa shape index (κ2) is 17.4. The smallest absolute Gasteiger partial charge is 0.410 e. The first-order valence-electron chi connectivity index (χ1n) is 16.7. The number of aromatic nitrogens is 1. The Kier molecular flexibility index (Phi) is 13.4. The average molecular weight is 764 g/mol. The van der Waals surface area contributed by atoms with Crippen LogP contribution in [0.5, 0.6) is 0 Å². The van der Waals surface area contributed by atoms with Crippen molar-refractivity contribution in [1.29, 1.82) is 0 Å². The Morgan fingerprint density at radius 3 is 2.25 bits per heavy atom. The molecule has 4 rings (SSSR count). The minimum absolute atomic E-state index is 0.114. The van der Waals surface area contributed by atoms with Gasteiger partial charge in [0.05, 0.1) is 29.4 Å². The van der Waals surface area contributed by atoms with Crippen LogP contribution in [0.25, 0.3) is 10.4 Å². The Balaban J connectivity index is 1.66. The molecule has 0 saturated heterocycles. The van der Waals surface area contributed by atoms with Crippen LogP contribution in [0.2, 0.25) is 0 Å². The first-order chi connectivity index (χ1) is 24.9. The number of ether oxygens (including phenoxy) is 1. The zero-order valence-electron chi connectivity index (χ0n) is 29.5. The van der Waals surface area contributed by atoms with Crippen LogP contribution in [0.3, 0.4) is 0 Å². The van der Waals surface area contributed by atoms with E-state index in [9.17, 15) is 41.8 Å². The molecule has 0 spiro atoms. The molecule has 53 heavy (non-hydrogen) atoms. The lowest BCUT2D eigenvalue weighted by atomic mass is 9.84. The summed E-state index contributed by atoms with van der Waals surface area (Å²) in [5, 5.41) is 15.6. The van der Waals surface area contributed by atoms with Gasteiger partial charge in [0.1, 0.15) is 34.9 Å². The fourth-order valence-electron chi connectivity index (χ4n) is 5.69. The number of aliphatic hydroxyl groups is 1. The maximum absolute atomic E-state index is 15.5. The lowest BCUT2D eigenvalue weighted by Gasteiger charge is -2.31. The number of hydrogen-bond donors (Lipinski definition) is 3. The minimum atomic E-state index is -3.84. The molecular formula is C35H41F4N7O6S. The number of amides is 2. The average Bonchev–Trinajstić information content (AvgIpc) is 3.90. The molecule has 13 nitrogen and oxygen atoms in total. The SMILES string of the molecule is C[C@H](O)CN(C[C@H](CCc1c(F)cncc1NC(=O)[C@@H](N=[N+]=[N-])[C@@H](c1ccc(F)cc1)c1cc(F)cc(F)c1)NS(=O)(=O)C1CC1)C(=O)OC(C)(C)C. The van der Waals surface area contributed by atoms with Crippen molar-refractivity contribution in [3.8, 4) is 0 Å². The maximum Gasteiger partial charge on any atom is 0.410 e. The fraction of sp³-hybridized carbons (Fsp3) is 0.457. The van der Waals surface area contributed by atoms with Gasteiger partial charge in [-0.3, -0.25) is 9.78 Å². The normalized spacial score (nSPS) is 15.4. The number of benzene rings is 2. The van der Waals surface area contributed by atoms with Crippen LogP contribution in [0, 0.1) is 23.3 Å². The van der Waals surface area contributed by atoms with E-state index in [1.165, 1.54) is 19.1 Å². The molecule has 2 aromatic carbocycles. The Labute approximate surface area is 304 Å². The number of aliphatic hydroxyl groups excluding tert-OH is 1. The van der Waals surface area contributed by atoms with Crippen molar-refractivity contribution in [2.45, 2.75) is 88.3 Å². The van der Waals surface area contributed by atoms with Crippen molar-refractivity contribution in [2.75, 3.05) is 18.4 Å². The molecule has 0 bridgehead atoms. The quantitative estimate of drug-likeness (QED) is 0.0682. The standard InChI is InChI=1S/C35H41F4N7O6S/c1-20(47)18-46(34(49)52-35(2,3)4)19-26(44-53(50,51)27-10-11-27)9-12-28-29(39)16-41-17-30(28)42-33(48)32(43-45-40)31(21-5-7-23(36)8-6-21)22-13-24(37)15-25(38)14-22/h5-8,13-17,20,26-27,31-32,44,47H,9-12,18-19H2,1-4H3,(H,42,48)/t20-,26-,31-,32-/m0/s1. The fourth-order valence-corrected chi connectivity index (χ4v) is 7.29. The summed E-state index contributed by atoms with van der Waals surface area (Å²) in [4.78, 5) is 34.7. The number of sulfonamides is 1. The van der Waals surface area contributed by atoms with E-state index in [4.69, 9.17) is 4.74 Å². The number of carbonyl (C=O) groups is 2. The van der Waals surface area contributed by atoms with E-state index < -0.39 is 80.2 Å². The number of hydrogen-bond acceptors (Lipinski definition) is 8. The predicted octanol–water partition coefficient (Wildman–Crippen LogP) is 6.09. The van der Waals surface area contributed by atoms with Gasteiger partial charge in [0, 0.05) is 41.6 Å². The summed E-state index contributed by atoms with van der Waals surface area (Å²) in [5.41, 5.74) is 8.28. The van der Waals surface area contributed by atoms with Crippen LogP contribution in [-0.4, -0.2) is 77.5 Å². The molecule has 0 aliphatic heterocycles. The van der Waals surface area contributed by atoms with Crippen molar-refractivity contribution >= 4 is 27.7 Å². The van der Waals surface area contributed by atoms with Crippen molar-refractivity contribution < 1.29 is 45.4 Å². The van der Waals surface area contributed by atoms with Gasteiger partial charge >= 0.3 is 6.09 Å². The third kappa shape index (κ3) is 11.9.